The van der Waals surface area contributed by atoms with E-state index in [0.29, 0.717) is 36.9 Å². The van der Waals surface area contributed by atoms with E-state index in [2.05, 4.69) is 10.2 Å². The molecular formula is C24H24F5N5. The van der Waals surface area contributed by atoms with Crippen molar-refractivity contribution in [3.8, 4) is 0 Å². The molecule has 34 heavy (non-hydrogen) atoms. The maximum atomic E-state index is 14.4. The molecule has 2 aliphatic carbocycles. The van der Waals surface area contributed by atoms with Crippen molar-refractivity contribution in [2.24, 2.45) is 11.8 Å². The molecule has 3 unspecified atom stereocenters. The van der Waals surface area contributed by atoms with E-state index in [1.54, 1.807) is 6.20 Å². The molecule has 0 spiro atoms. The average Bonchev–Trinajstić information content (AvgIpc) is 3.67. The van der Waals surface area contributed by atoms with Crippen LogP contribution in [0.2, 0.25) is 0 Å². The summed E-state index contributed by atoms with van der Waals surface area (Å²) in [4.78, 5) is 3.95. The highest BCUT2D eigenvalue weighted by Crippen LogP contribution is 2.46. The van der Waals surface area contributed by atoms with E-state index in [0.717, 1.165) is 18.9 Å². The number of aromatic nitrogens is 3. The van der Waals surface area contributed by atoms with Crippen molar-refractivity contribution >= 4 is 11.3 Å². The monoisotopic (exact) mass is 477 g/mol. The number of benzene rings is 1. The van der Waals surface area contributed by atoms with Gasteiger partial charge in [0.2, 0.25) is 0 Å². The first-order chi connectivity index (χ1) is 16.2. The van der Waals surface area contributed by atoms with Gasteiger partial charge in [-0.2, -0.15) is 13.2 Å². The highest BCUT2D eigenvalue weighted by Gasteiger charge is 2.56. The lowest BCUT2D eigenvalue weighted by atomic mass is 10.1. The number of anilines is 1. The van der Waals surface area contributed by atoms with Crippen LogP contribution in [0.1, 0.15) is 36.7 Å². The van der Waals surface area contributed by atoms with Gasteiger partial charge in [-0.25, -0.2) is 8.78 Å². The van der Waals surface area contributed by atoms with Gasteiger partial charge in [-0.05, 0) is 48.4 Å². The SMILES string of the molecule is CC1C2C1N(c1ccc(F)cc1F)CCN2Cc1ccn2c(CC3CC3)nnc2c1C(F)(F)F. The Labute approximate surface area is 193 Å². The third-order valence-electron chi connectivity index (χ3n) is 7.48. The number of pyridine rings is 1. The highest BCUT2D eigenvalue weighted by molar-refractivity contribution is 5.55. The molecule has 5 nitrogen and oxygen atoms in total. The fourth-order valence-corrected chi connectivity index (χ4v) is 5.57. The zero-order valence-corrected chi connectivity index (χ0v) is 18.6. The van der Waals surface area contributed by atoms with Crippen LogP contribution < -0.4 is 4.90 Å². The van der Waals surface area contributed by atoms with Crippen LogP contribution in [0, 0.1) is 23.5 Å². The van der Waals surface area contributed by atoms with Crippen molar-refractivity contribution in [3.63, 3.8) is 0 Å². The van der Waals surface area contributed by atoms with Crippen molar-refractivity contribution in [1.29, 1.82) is 0 Å². The summed E-state index contributed by atoms with van der Waals surface area (Å²) in [5.74, 6) is -0.0467. The van der Waals surface area contributed by atoms with Gasteiger partial charge in [0.1, 0.15) is 23.0 Å². The second kappa shape index (κ2) is 7.63. The molecule has 6 rings (SSSR count). The summed E-state index contributed by atoms with van der Waals surface area (Å²) in [7, 11) is 0. The zero-order valence-electron chi connectivity index (χ0n) is 18.6. The van der Waals surface area contributed by atoms with Crippen LogP contribution in [0.5, 0.6) is 0 Å². The van der Waals surface area contributed by atoms with Crippen LogP contribution in [0.25, 0.3) is 5.65 Å². The topological polar surface area (TPSA) is 36.7 Å². The normalized spacial score (nSPS) is 25.1. The Morgan fingerprint density at radius 2 is 1.82 bits per heavy atom. The first kappa shape index (κ1) is 21.8. The fraction of sp³-hybridized carbons (Fsp3) is 0.500. The summed E-state index contributed by atoms with van der Waals surface area (Å²) in [5.41, 5.74) is -0.372. The highest BCUT2D eigenvalue weighted by atomic mass is 19.4. The molecular weight excluding hydrogens is 453 g/mol. The molecule has 3 aliphatic rings. The summed E-state index contributed by atoms with van der Waals surface area (Å²) in [6.45, 7) is 3.07. The molecule has 1 saturated heterocycles. The van der Waals surface area contributed by atoms with Gasteiger partial charge in [-0.1, -0.05) is 6.92 Å². The van der Waals surface area contributed by atoms with Gasteiger partial charge in [-0.3, -0.25) is 9.30 Å². The van der Waals surface area contributed by atoms with Crippen molar-refractivity contribution in [2.75, 3.05) is 18.0 Å². The number of halogens is 5. The van der Waals surface area contributed by atoms with Crippen molar-refractivity contribution in [1.82, 2.24) is 19.5 Å². The molecule has 3 fully saturated rings. The van der Waals surface area contributed by atoms with Crippen LogP contribution in [-0.2, 0) is 19.1 Å². The summed E-state index contributed by atoms with van der Waals surface area (Å²) in [6, 6.07) is 5.04. The Hall–Kier alpha value is -2.75. The van der Waals surface area contributed by atoms with E-state index >= 15 is 0 Å². The van der Waals surface area contributed by atoms with Gasteiger partial charge in [0.05, 0.1) is 5.69 Å². The molecule has 10 heteroatoms. The van der Waals surface area contributed by atoms with Crippen molar-refractivity contribution in [2.45, 2.75) is 51.0 Å². The first-order valence-corrected chi connectivity index (χ1v) is 11.6. The smallest absolute Gasteiger partial charge is 0.363 e. The summed E-state index contributed by atoms with van der Waals surface area (Å²) >= 11 is 0. The molecule has 0 bridgehead atoms. The van der Waals surface area contributed by atoms with E-state index < -0.39 is 23.4 Å². The Bertz CT molecular complexity index is 1250. The minimum Gasteiger partial charge on any atom is -0.363 e. The lowest BCUT2D eigenvalue weighted by Crippen LogP contribution is -2.46. The molecule has 2 saturated carbocycles. The standard InChI is InChI=1S/C24H24F5N5/c1-13-21-22(13)33(18-5-4-16(25)11-17(18)26)9-8-32(21)12-15-6-7-34-19(10-14-2-3-14)30-31-23(34)20(15)24(27,28)29/h4-7,11,13-14,21-22H,2-3,8-10,12H2,1H3. The molecule has 3 heterocycles. The molecule has 1 aromatic carbocycles. The predicted molar refractivity (Wildman–Crippen MR) is 115 cm³/mol. The molecule has 0 amide bonds. The first-order valence-electron chi connectivity index (χ1n) is 11.6. The molecule has 3 atom stereocenters. The van der Waals surface area contributed by atoms with Gasteiger partial charge >= 0.3 is 6.18 Å². The largest absolute Gasteiger partial charge is 0.420 e. The third-order valence-corrected chi connectivity index (χ3v) is 7.48. The summed E-state index contributed by atoms with van der Waals surface area (Å²) in [5, 5.41) is 7.99. The molecule has 180 valence electrons. The Balaban J connectivity index is 1.28. The lowest BCUT2D eigenvalue weighted by Gasteiger charge is -2.36. The van der Waals surface area contributed by atoms with E-state index in [-0.39, 0.29) is 35.8 Å². The Morgan fingerprint density at radius 3 is 2.53 bits per heavy atom. The molecule has 0 radical (unpaired) electrons. The average molecular weight is 477 g/mol. The predicted octanol–water partition coefficient (Wildman–Crippen LogP) is 4.69. The van der Waals surface area contributed by atoms with Gasteiger partial charge in [-0.15, -0.1) is 10.2 Å². The number of alkyl halides is 3. The van der Waals surface area contributed by atoms with Crippen LogP contribution in [0.3, 0.4) is 0 Å². The van der Waals surface area contributed by atoms with Gasteiger partial charge in [0, 0.05) is 50.4 Å². The van der Waals surface area contributed by atoms with Crippen LogP contribution >= 0.6 is 0 Å². The maximum absolute atomic E-state index is 14.4. The number of piperazine rings is 1. The van der Waals surface area contributed by atoms with Crippen molar-refractivity contribution in [3.05, 3.63) is 59.0 Å². The quantitative estimate of drug-likeness (QED) is 0.500. The molecule has 0 N–H and O–H groups in total. The van der Waals surface area contributed by atoms with E-state index in [1.807, 2.05) is 16.7 Å². The second-order valence-corrected chi connectivity index (χ2v) is 9.77. The van der Waals surface area contributed by atoms with E-state index in [1.165, 1.54) is 22.6 Å². The number of nitrogens with zero attached hydrogens (tertiary/aromatic N) is 5. The minimum absolute atomic E-state index is 0.00110. The Kier molecular flexibility index (Phi) is 4.88. The number of rotatable bonds is 5. The van der Waals surface area contributed by atoms with Crippen LogP contribution in [0.4, 0.5) is 27.6 Å². The summed E-state index contributed by atoms with van der Waals surface area (Å²) in [6.07, 6.45) is -0.118. The van der Waals surface area contributed by atoms with Gasteiger partial charge < -0.3 is 4.90 Å². The van der Waals surface area contributed by atoms with E-state index in [4.69, 9.17) is 0 Å². The molecule has 2 aromatic heterocycles. The van der Waals surface area contributed by atoms with Gasteiger partial charge in [0.15, 0.2) is 5.65 Å². The number of hydrogen-bond donors (Lipinski definition) is 0. The van der Waals surface area contributed by atoms with Crippen LogP contribution in [-0.4, -0.2) is 44.7 Å². The fourth-order valence-electron chi connectivity index (χ4n) is 5.57. The Morgan fingerprint density at radius 1 is 1.03 bits per heavy atom. The lowest BCUT2D eigenvalue weighted by molar-refractivity contribution is -0.137. The zero-order chi connectivity index (χ0) is 23.8. The minimum atomic E-state index is -4.56. The van der Waals surface area contributed by atoms with Gasteiger partial charge in [0.25, 0.3) is 0 Å². The second-order valence-electron chi connectivity index (χ2n) is 9.77. The third kappa shape index (κ3) is 3.62. The van der Waals surface area contributed by atoms with E-state index in [9.17, 15) is 22.0 Å². The number of hydrogen-bond acceptors (Lipinski definition) is 4. The molecule has 1 aliphatic heterocycles. The summed E-state index contributed by atoms with van der Waals surface area (Å²) < 4.78 is 71.7. The van der Waals surface area contributed by atoms with Crippen LogP contribution in [0.15, 0.2) is 30.5 Å². The molecule has 3 aromatic rings. The van der Waals surface area contributed by atoms with Crippen molar-refractivity contribution < 1.29 is 22.0 Å². The maximum Gasteiger partial charge on any atom is 0.420 e. The number of fused-ring (bicyclic) bond motifs is 2.